The molecule has 0 saturated carbocycles. The molecule has 1 aromatic carbocycles. The molecule has 5 heteroatoms. The van der Waals surface area contributed by atoms with Crippen molar-refractivity contribution in [3.8, 4) is 11.3 Å². The Hall–Kier alpha value is -1.98. The predicted molar refractivity (Wildman–Crippen MR) is 103 cm³/mol. The first kappa shape index (κ1) is 16.5. The SMILES string of the molecule is C[C@@H]1C[C@@H](C)CN(Cc2cc(=O)n3c(-c4ccccc4)csc3n2)C1. The van der Waals surface area contributed by atoms with E-state index in [-0.39, 0.29) is 5.56 Å². The van der Waals surface area contributed by atoms with E-state index in [1.54, 1.807) is 10.5 Å². The fourth-order valence-corrected chi connectivity index (χ4v) is 4.93. The Balaban J connectivity index is 1.66. The van der Waals surface area contributed by atoms with Crippen LogP contribution >= 0.6 is 11.3 Å². The highest BCUT2D eigenvalue weighted by Gasteiger charge is 2.22. The maximum atomic E-state index is 12.7. The lowest BCUT2D eigenvalue weighted by molar-refractivity contribution is 0.133. The summed E-state index contributed by atoms with van der Waals surface area (Å²) < 4.78 is 1.73. The fraction of sp³-hybridized carbons (Fsp3) is 0.400. The van der Waals surface area contributed by atoms with E-state index in [0.717, 1.165) is 41.5 Å². The number of aromatic nitrogens is 2. The first-order valence-corrected chi connectivity index (χ1v) is 9.76. The van der Waals surface area contributed by atoms with Crippen LogP contribution in [0.15, 0.2) is 46.6 Å². The van der Waals surface area contributed by atoms with Crippen LogP contribution in [-0.2, 0) is 6.54 Å². The lowest BCUT2D eigenvalue weighted by Crippen LogP contribution is -2.38. The first-order valence-electron chi connectivity index (χ1n) is 8.88. The van der Waals surface area contributed by atoms with Gasteiger partial charge in [0.2, 0.25) is 0 Å². The highest BCUT2D eigenvalue weighted by molar-refractivity contribution is 7.15. The van der Waals surface area contributed by atoms with Gasteiger partial charge in [0.15, 0.2) is 4.96 Å². The summed E-state index contributed by atoms with van der Waals surface area (Å²) in [4.78, 5) is 20.7. The Morgan fingerprint density at radius 2 is 1.88 bits per heavy atom. The molecule has 2 aromatic heterocycles. The molecule has 0 amide bonds. The molecule has 3 aromatic rings. The largest absolute Gasteiger partial charge is 0.297 e. The average molecular weight is 353 g/mol. The molecule has 4 rings (SSSR count). The van der Waals surface area contributed by atoms with E-state index in [1.807, 2.05) is 35.7 Å². The molecular formula is C20H23N3OS. The van der Waals surface area contributed by atoms with Crippen LogP contribution in [0.1, 0.15) is 26.0 Å². The van der Waals surface area contributed by atoms with E-state index in [4.69, 9.17) is 4.98 Å². The molecule has 130 valence electrons. The van der Waals surface area contributed by atoms with E-state index in [0.29, 0.717) is 11.8 Å². The van der Waals surface area contributed by atoms with E-state index in [1.165, 1.54) is 17.8 Å². The van der Waals surface area contributed by atoms with Gasteiger partial charge in [-0.1, -0.05) is 44.2 Å². The van der Waals surface area contributed by atoms with E-state index >= 15 is 0 Å². The van der Waals surface area contributed by atoms with Crippen LogP contribution in [-0.4, -0.2) is 27.4 Å². The second-order valence-electron chi connectivity index (χ2n) is 7.33. The zero-order valence-corrected chi connectivity index (χ0v) is 15.5. The molecule has 25 heavy (non-hydrogen) atoms. The Labute approximate surface area is 151 Å². The zero-order chi connectivity index (χ0) is 17.4. The molecular weight excluding hydrogens is 330 g/mol. The maximum Gasteiger partial charge on any atom is 0.259 e. The summed E-state index contributed by atoms with van der Waals surface area (Å²) in [6.45, 7) is 7.55. The predicted octanol–water partition coefficient (Wildman–Crippen LogP) is 3.90. The van der Waals surface area contributed by atoms with Crippen LogP contribution in [0, 0.1) is 11.8 Å². The van der Waals surface area contributed by atoms with Crippen LogP contribution in [0.25, 0.3) is 16.2 Å². The van der Waals surface area contributed by atoms with Crippen molar-refractivity contribution in [3.63, 3.8) is 0 Å². The molecule has 4 nitrogen and oxygen atoms in total. The third-order valence-electron chi connectivity index (χ3n) is 4.86. The molecule has 3 heterocycles. The minimum atomic E-state index is 0.0122. The highest BCUT2D eigenvalue weighted by Crippen LogP contribution is 2.25. The van der Waals surface area contributed by atoms with E-state index < -0.39 is 0 Å². The van der Waals surface area contributed by atoms with Crippen LogP contribution in [0.3, 0.4) is 0 Å². The van der Waals surface area contributed by atoms with Crippen molar-refractivity contribution in [2.45, 2.75) is 26.8 Å². The third kappa shape index (κ3) is 3.39. The lowest BCUT2D eigenvalue weighted by atomic mass is 9.92. The molecule has 2 atom stereocenters. The molecule has 1 aliphatic heterocycles. The zero-order valence-electron chi connectivity index (χ0n) is 14.7. The van der Waals surface area contributed by atoms with E-state index in [2.05, 4.69) is 18.7 Å². The summed E-state index contributed by atoms with van der Waals surface area (Å²) in [5.41, 5.74) is 2.86. The van der Waals surface area contributed by atoms with Crippen molar-refractivity contribution < 1.29 is 0 Å². The number of fused-ring (bicyclic) bond motifs is 1. The van der Waals surface area contributed by atoms with Gasteiger partial charge < -0.3 is 0 Å². The van der Waals surface area contributed by atoms with Crippen molar-refractivity contribution in [2.24, 2.45) is 11.8 Å². The van der Waals surface area contributed by atoms with Crippen LogP contribution in [0.5, 0.6) is 0 Å². The number of thiazole rings is 1. The van der Waals surface area contributed by atoms with Gasteiger partial charge in [-0.15, -0.1) is 11.3 Å². The molecule has 0 bridgehead atoms. The van der Waals surface area contributed by atoms with Gasteiger partial charge in [-0.2, -0.15) is 0 Å². The summed E-state index contributed by atoms with van der Waals surface area (Å²) in [6.07, 6.45) is 1.29. The summed E-state index contributed by atoms with van der Waals surface area (Å²) in [6, 6.07) is 11.7. The van der Waals surface area contributed by atoms with Gasteiger partial charge in [0, 0.05) is 31.1 Å². The van der Waals surface area contributed by atoms with Gasteiger partial charge in [0.05, 0.1) is 11.4 Å². The van der Waals surface area contributed by atoms with Gasteiger partial charge in [0.25, 0.3) is 5.56 Å². The lowest BCUT2D eigenvalue weighted by Gasteiger charge is -2.34. The second kappa shape index (κ2) is 6.73. The maximum absolute atomic E-state index is 12.7. The summed E-state index contributed by atoms with van der Waals surface area (Å²) in [5.74, 6) is 1.42. The van der Waals surface area contributed by atoms with Gasteiger partial charge >= 0.3 is 0 Å². The Morgan fingerprint density at radius 1 is 1.16 bits per heavy atom. The van der Waals surface area contributed by atoms with Crippen LogP contribution in [0.4, 0.5) is 0 Å². The first-order chi connectivity index (χ1) is 12.1. The Morgan fingerprint density at radius 3 is 2.60 bits per heavy atom. The van der Waals surface area contributed by atoms with Crippen molar-refractivity contribution in [1.82, 2.24) is 14.3 Å². The number of rotatable bonds is 3. The number of hydrogen-bond donors (Lipinski definition) is 0. The molecule has 0 N–H and O–H groups in total. The number of hydrogen-bond acceptors (Lipinski definition) is 4. The molecule has 0 aliphatic carbocycles. The Kier molecular flexibility index (Phi) is 4.44. The molecule has 1 fully saturated rings. The van der Waals surface area contributed by atoms with Gasteiger partial charge in [-0.05, 0) is 23.8 Å². The van der Waals surface area contributed by atoms with Gasteiger partial charge in [-0.3, -0.25) is 14.1 Å². The van der Waals surface area contributed by atoms with Crippen LogP contribution < -0.4 is 5.56 Å². The molecule has 0 radical (unpaired) electrons. The number of piperidine rings is 1. The van der Waals surface area contributed by atoms with E-state index in [9.17, 15) is 4.79 Å². The van der Waals surface area contributed by atoms with Gasteiger partial charge in [-0.25, -0.2) is 4.98 Å². The number of likely N-dealkylation sites (tertiary alicyclic amines) is 1. The molecule has 1 saturated heterocycles. The molecule has 0 unspecified atom stereocenters. The minimum absolute atomic E-state index is 0.0122. The number of nitrogens with zero attached hydrogens (tertiary/aromatic N) is 3. The summed E-state index contributed by atoms with van der Waals surface area (Å²) in [5, 5.41) is 2.02. The monoisotopic (exact) mass is 353 g/mol. The molecule has 0 spiro atoms. The quantitative estimate of drug-likeness (QED) is 0.717. The Bertz CT molecular complexity index is 921. The summed E-state index contributed by atoms with van der Waals surface area (Å²) in [7, 11) is 0. The summed E-state index contributed by atoms with van der Waals surface area (Å²) >= 11 is 1.53. The number of benzene rings is 1. The van der Waals surface area contributed by atoms with Crippen LogP contribution in [0.2, 0.25) is 0 Å². The van der Waals surface area contributed by atoms with Gasteiger partial charge in [0.1, 0.15) is 0 Å². The normalized spacial score (nSPS) is 21.7. The average Bonchev–Trinajstić information content (AvgIpc) is 2.99. The van der Waals surface area contributed by atoms with Crippen molar-refractivity contribution in [3.05, 3.63) is 57.8 Å². The second-order valence-corrected chi connectivity index (χ2v) is 8.17. The topological polar surface area (TPSA) is 37.6 Å². The standard InChI is InChI=1S/C20H23N3OS/c1-14-8-15(2)11-22(10-14)12-17-9-19(24)23-18(13-25-20(23)21-17)16-6-4-3-5-7-16/h3-7,9,13-15H,8,10-12H2,1-2H3/t14-,15-/m1/s1. The smallest absolute Gasteiger partial charge is 0.259 e. The minimum Gasteiger partial charge on any atom is -0.297 e. The van der Waals surface area contributed by atoms with Crippen molar-refractivity contribution >= 4 is 16.3 Å². The van der Waals surface area contributed by atoms with Crippen molar-refractivity contribution in [2.75, 3.05) is 13.1 Å². The van der Waals surface area contributed by atoms with Crippen molar-refractivity contribution in [1.29, 1.82) is 0 Å². The highest BCUT2D eigenvalue weighted by atomic mass is 32.1. The third-order valence-corrected chi connectivity index (χ3v) is 5.68. The fourth-order valence-electron chi connectivity index (χ4n) is 4.01. The molecule has 1 aliphatic rings.